The van der Waals surface area contributed by atoms with E-state index in [1.165, 1.54) is 0 Å². The Morgan fingerprint density at radius 3 is 2.31 bits per heavy atom. The highest BCUT2D eigenvalue weighted by atomic mass is 16.3. The summed E-state index contributed by atoms with van der Waals surface area (Å²) in [6.45, 7) is 6.41. The Hall–Kier alpha value is -0.120. The van der Waals surface area contributed by atoms with Crippen molar-refractivity contribution in [2.24, 2.45) is 17.4 Å². The molecule has 0 amide bonds. The van der Waals surface area contributed by atoms with Crippen molar-refractivity contribution in [3.05, 3.63) is 0 Å². The molecule has 0 aromatic rings. The van der Waals surface area contributed by atoms with Gasteiger partial charge in [-0.2, -0.15) is 0 Å². The smallest absolute Gasteiger partial charge is 0.0674 e. The highest BCUT2D eigenvalue weighted by Crippen LogP contribution is 2.31. The monoisotopic (exact) mass is 188 g/mol. The minimum absolute atomic E-state index is 0.160. The molecular formula is C10H24N2O. The minimum atomic E-state index is -0.633. The van der Waals surface area contributed by atoms with Crippen LogP contribution in [0.25, 0.3) is 0 Å². The van der Waals surface area contributed by atoms with Crippen LogP contribution in [0.15, 0.2) is 0 Å². The van der Waals surface area contributed by atoms with Crippen LogP contribution >= 0.6 is 0 Å². The summed E-state index contributed by atoms with van der Waals surface area (Å²) in [6.07, 6.45) is 2.65. The molecule has 0 aliphatic heterocycles. The van der Waals surface area contributed by atoms with Gasteiger partial charge in [0.25, 0.3) is 0 Å². The van der Waals surface area contributed by atoms with Crippen LogP contribution in [0, 0.1) is 5.92 Å². The van der Waals surface area contributed by atoms with Crippen molar-refractivity contribution in [1.29, 1.82) is 0 Å². The average molecular weight is 188 g/mol. The van der Waals surface area contributed by atoms with Gasteiger partial charge >= 0.3 is 0 Å². The van der Waals surface area contributed by atoms with Crippen molar-refractivity contribution in [3.63, 3.8) is 0 Å². The normalized spacial score (nSPS) is 39.2. The molecule has 13 heavy (non-hydrogen) atoms. The van der Waals surface area contributed by atoms with Gasteiger partial charge in [0.05, 0.1) is 5.60 Å². The van der Waals surface area contributed by atoms with Gasteiger partial charge in [0.15, 0.2) is 0 Å². The summed E-state index contributed by atoms with van der Waals surface area (Å²) in [7, 11) is 0. The molecule has 0 spiro atoms. The predicted octanol–water partition coefficient (Wildman–Crippen LogP) is 0.850. The molecule has 0 bridgehead atoms. The van der Waals surface area contributed by atoms with E-state index in [2.05, 4.69) is 0 Å². The van der Waals surface area contributed by atoms with Crippen LogP contribution < -0.4 is 11.5 Å². The quantitative estimate of drug-likeness (QED) is 0.571. The number of aliphatic hydroxyl groups is 1. The van der Waals surface area contributed by atoms with E-state index in [0.717, 1.165) is 12.8 Å². The molecular weight excluding hydrogens is 164 g/mol. The van der Waals surface area contributed by atoms with Gasteiger partial charge in [0.2, 0.25) is 0 Å². The maximum absolute atomic E-state index is 9.84. The van der Waals surface area contributed by atoms with Crippen LogP contribution in [0.1, 0.15) is 40.0 Å². The van der Waals surface area contributed by atoms with E-state index in [1.807, 2.05) is 20.8 Å². The molecule has 0 aromatic heterocycles. The summed E-state index contributed by atoms with van der Waals surface area (Å²) < 4.78 is 0. The Balaban J connectivity index is 0.000000671. The van der Waals surface area contributed by atoms with Gasteiger partial charge in [-0.15, -0.1) is 0 Å². The number of hydrogen-bond donors (Lipinski definition) is 3. The molecule has 1 aliphatic rings. The molecule has 0 aromatic carbocycles. The fourth-order valence-corrected chi connectivity index (χ4v) is 1.90. The highest BCUT2D eigenvalue weighted by molar-refractivity contribution is 4.91. The van der Waals surface area contributed by atoms with Gasteiger partial charge < -0.3 is 16.6 Å². The zero-order valence-corrected chi connectivity index (χ0v) is 9.09. The number of rotatable bonds is 1. The lowest BCUT2D eigenvalue weighted by Crippen LogP contribution is -2.48. The number of hydrogen-bond acceptors (Lipinski definition) is 3. The second kappa shape index (κ2) is 5.58. The topological polar surface area (TPSA) is 72.3 Å². The first-order valence-corrected chi connectivity index (χ1v) is 5.24. The second-order valence-corrected chi connectivity index (χ2v) is 3.83. The summed E-state index contributed by atoms with van der Waals surface area (Å²) >= 11 is 0. The third kappa shape index (κ3) is 3.63. The van der Waals surface area contributed by atoms with E-state index >= 15 is 0 Å². The third-order valence-corrected chi connectivity index (χ3v) is 2.73. The van der Waals surface area contributed by atoms with Crippen molar-refractivity contribution in [3.8, 4) is 0 Å². The Morgan fingerprint density at radius 1 is 1.38 bits per heavy atom. The minimum Gasteiger partial charge on any atom is -0.390 e. The summed E-state index contributed by atoms with van der Waals surface area (Å²) in [5, 5.41) is 9.84. The summed E-state index contributed by atoms with van der Waals surface area (Å²) in [4.78, 5) is 0. The average Bonchev–Trinajstić information content (AvgIpc) is 2.06. The standard InChI is InChI=1S/C8H18N2O.C2H6/c1-8(11)4-7(10)3-2-6(8)5-9;1-2/h6-7,11H,2-5,9-10H2,1H3;1-2H3/t6-,7?,8-;/m1./s1. The van der Waals surface area contributed by atoms with Gasteiger partial charge in [-0.05, 0) is 38.6 Å². The lowest BCUT2D eigenvalue weighted by atomic mass is 9.75. The first-order valence-electron chi connectivity index (χ1n) is 5.24. The fourth-order valence-electron chi connectivity index (χ4n) is 1.90. The molecule has 0 radical (unpaired) electrons. The zero-order chi connectivity index (χ0) is 10.5. The van der Waals surface area contributed by atoms with E-state index in [-0.39, 0.29) is 12.0 Å². The van der Waals surface area contributed by atoms with E-state index in [9.17, 15) is 5.11 Å². The Labute approximate surface area is 81.5 Å². The van der Waals surface area contributed by atoms with Gasteiger partial charge in [-0.3, -0.25) is 0 Å². The molecule has 1 rings (SSSR count). The summed E-state index contributed by atoms with van der Waals surface area (Å²) in [5.74, 6) is 0.238. The molecule has 5 N–H and O–H groups in total. The maximum atomic E-state index is 9.84. The van der Waals surface area contributed by atoms with E-state index < -0.39 is 5.60 Å². The SMILES string of the molecule is CC.C[C@@]1(O)CC(N)CC[C@@H]1CN. The van der Waals surface area contributed by atoms with Crippen molar-refractivity contribution in [2.75, 3.05) is 6.54 Å². The van der Waals surface area contributed by atoms with Crippen molar-refractivity contribution < 1.29 is 5.11 Å². The Morgan fingerprint density at radius 2 is 1.92 bits per heavy atom. The molecule has 3 nitrogen and oxygen atoms in total. The lowest BCUT2D eigenvalue weighted by molar-refractivity contribution is -0.0337. The molecule has 1 aliphatic carbocycles. The largest absolute Gasteiger partial charge is 0.390 e. The van der Waals surface area contributed by atoms with E-state index in [4.69, 9.17) is 11.5 Å². The molecule has 1 saturated carbocycles. The molecule has 0 heterocycles. The number of nitrogens with two attached hydrogens (primary N) is 2. The maximum Gasteiger partial charge on any atom is 0.0674 e. The first kappa shape index (κ1) is 12.9. The summed E-state index contributed by atoms with van der Waals surface area (Å²) in [5.41, 5.74) is 10.6. The molecule has 3 heteroatoms. The van der Waals surface area contributed by atoms with Crippen LogP contribution in [0.2, 0.25) is 0 Å². The van der Waals surface area contributed by atoms with Crippen LogP contribution in [0.5, 0.6) is 0 Å². The van der Waals surface area contributed by atoms with Gasteiger partial charge in [0, 0.05) is 6.04 Å². The summed E-state index contributed by atoms with van der Waals surface area (Å²) in [6, 6.07) is 0.160. The van der Waals surface area contributed by atoms with Crippen molar-refractivity contribution in [2.45, 2.75) is 51.7 Å². The molecule has 1 unspecified atom stereocenters. The first-order chi connectivity index (χ1) is 6.06. The van der Waals surface area contributed by atoms with Crippen LogP contribution in [-0.4, -0.2) is 23.3 Å². The lowest BCUT2D eigenvalue weighted by Gasteiger charge is -2.39. The van der Waals surface area contributed by atoms with E-state index in [1.54, 1.807) is 0 Å². The molecule has 0 saturated heterocycles. The Bertz CT molecular complexity index is 137. The van der Waals surface area contributed by atoms with Gasteiger partial charge in [0.1, 0.15) is 0 Å². The van der Waals surface area contributed by atoms with Crippen LogP contribution in [0.3, 0.4) is 0 Å². The third-order valence-electron chi connectivity index (χ3n) is 2.73. The van der Waals surface area contributed by atoms with E-state index in [0.29, 0.717) is 13.0 Å². The predicted molar refractivity (Wildman–Crippen MR) is 56.3 cm³/mol. The molecule has 3 atom stereocenters. The fraction of sp³-hybridized carbons (Fsp3) is 1.00. The molecule has 1 fully saturated rings. The van der Waals surface area contributed by atoms with Gasteiger partial charge in [-0.1, -0.05) is 13.8 Å². The Kier molecular flexibility index (Phi) is 5.53. The van der Waals surface area contributed by atoms with Gasteiger partial charge in [-0.25, -0.2) is 0 Å². The van der Waals surface area contributed by atoms with Crippen molar-refractivity contribution in [1.82, 2.24) is 0 Å². The zero-order valence-electron chi connectivity index (χ0n) is 9.09. The highest BCUT2D eigenvalue weighted by Gasteiger charge is 2.36. The second-order valence-electron chi connectivity index (χ2n) is 3.83. The van der Waals surface area contributed by atoms with Crippen LogP contribution in [0.4, 0.5) is 0 Å². The van der Waals surface area contributed by atoms with Crippen LogP contribution in [-0.2, 0) is 0 Å². The van der Waals surface area contributed by atoms with Crippen molar-refractivity contribution >= 4 is 0 Å². The molecule has 80 valence electrons.